The van der Waals surface area contributed by atoms with Crippen LogP contribution in [0.4, 0.5) is 5.69 Å². The van der Waals surface area contributed by atoms with Crippen molar-refractivity contribution >= 4 is 17.6 Å². The Morgan fingerprint density at radius 3 is 2.53 bits per heavy atom. The summed E-state index contributed by atoms with van der Waals surface area (Å²) in [5, 5.41) is 0. The third-order valence-corrected chi connectivity index (χ3v) is 2.80. The molecule has 0 aliphatic heterocycles. The SMILES string of the molecule is COC(=O)c1ccccc1N(C)C(=O)c1ccc[nH]1. The van der Waals surface area contributed by atoms with Crippen molar-refractivity contribution in [2.24, 2.45) is 0 Å². The molecule has 5 heteroatoms. The highest BCUT2D eigenvalue weighted by Gasteiger charge is 2.20. The van der Waals surface area contributed by atoms with Crippen LogP contribution in [0, 0.1) is 0 Å². The van der Waals surface area contributed by atoms with Crippen LogP contribution >= 0.6 is 0 Å². The summed E-state index contributed by atoms with van der Waals surface area (Å²) in [5.41, 5.74) is 1.32. The van der Waals surface area contributed by atoms with E-state index in [4.69, 9.17) is 4.74 Å². The molecule has 2 rings (SSSR count). The average Bonchev–Trinajstić information content (AvgIpc) is 2.99. The van der Waals surface area contributed by atoms with Gasteiger partial charge in [0.25, 0.3) is 5.91 Å². The molecular formula is C14H14N2O3. The topological polar surface area (TPSA) is 62.4 Å². The van der Waals surface area contributed by atoms with E-state index in [1.165, 1.54) is 12.0 Å². The van der Waals surface area contributed by atoms with Crippen LogP contribution in [0.3, 0.4) is 0 Å². The fourth-order valence-electron chi connectivity index (χ4n) is 1.80. The highest BCUT2D eigenvalue weighted by Crippen LogP contribution is 2.21. The number of carbonyl (C=O) groups is 2. The number of anilines is 1. The van der Waals surface area contributed by atoms with Gasteiger partial charge in [0.2, 0.25) is 0 Å². The quantitative estimate of drug-likeness (QED) is 0.857. The lowest BCUT2D eigenvalue weighted by Crippen LogP contribution is -2.28. The number of ether oxygens (including phenoxy) is 1. The highest BCUT2D eigenvalue weighted by molar-refractivity contribution is 6.08. The number of H-pyrrole nitrogens is 1. The second-order valence-electron chi connectivity index (χ2n) is 3.96. The van der Waals surface area contributed by atoms with Crippen molar-refractivity contribution in [3.05, 3.63) is 53.9 Å². The van der Waals surface area contributed by atoms with Crippen molar-refractivity contribution in [2.75, 3.05) is 19.1 Å². The number of nitrogens with one attached hydrogen (secondary N) is 1. The summed E-state index contributed by atoms with van der Waals surface area (Å²) in [6.07, 6.45) is 1.67. The number of rotatable bonds is 3. The van der Waals surface area contributed by atoms with Gasteiger partial charge < -0.3 is 14.6 Å². The van der Waals surface area contributed by atoms with Gasteiger partial charge in [-0.15, -0.1) is 0 Å². The Hall–Kier alpha value is -2.56. The van der Waals surface area contributed by atoms with Crippen molar-refractivity contribution < 1.29 is 14.3 Å². The minimum absolute atomic E-state index is 0.221. The number of nitrogens with zero attached hydrogens (tertiary/aromatic N) is 1. The second kappa shape index (κ2) is 5.39. The van der Waals surface area contributed by atoms with Crippen molar-refractivity contribution in [2.45, 2.75) is 0 Å². The largest absolute Gasteiger partial charge is 0.465 e. The minimum Gasteiger partial charge on any atom is -0.465 e. The molecule has 1 N–H and O–H groups in total. The van der Waals surface area contributed by atoms with E-state index in [-0.39, 0.29) is 5.91 Å². The number of aromatic amines is 1. The van der Waals surface area contributed by atoms with Crippen LogP contribution in [0.2, 0.25) is 0 Å². The number of para-hydroxylation sites is 1. The molecule has 5 nitrogen and oxygen atoms in total. The van der Waals surface area contributed by atoms with Crippen LogP contribution in [0.1, 0.15) is 20.8 Å². The third-order valence-electron chi connectivity index (χ3n) is 2.80. The van der Waals surface area contributed by atoms with E-state index in [0.29, 0.717) is 16.9 Å². The molecule has 0 aliphatic rings. The van der Waals surface area contributed by atoms with Gasteiger partial charge in [-0.05, 0) is 24.3 Å². The van der Waals surface area contributed by atoms with Crippen LogP contribution < -0.4 is 4.90 Å². The maximum absolute atomic E-state index is 12.2. The molecule has 1 amide bonds. The molecule has 1 aromatic heterocycles. The number of carbonyl (C=O) groups excluding carboxylic acids is 2. The molecule has 0 saturated heterocycles. The van der Waals surface area contributed by atoms with E-state index in [2.05, 4.69) is 4.98 Å². The smallest absolute Gasteiger partial charge is 0.339 e. The van der Waals surface area contributed by atoms with Gasteiger partial charge in [-0.25, -0.2) is 4.79 Å². The summed E-state index contributed by atoms with van der Waals surface area (Å²) >= 11 is 0. The van der Waals surface area contributed by atoms with Crippen LogP contribution in [0.15, 0.2) is 42.6 Å². The average molecular weight is 258 g/mol. The molecule has 0 radical (unpaired) electrons. The zero-order valence-corrected chi connectivity index (χ0v) is 10.7. The summed E-state index contributed by atoms with van der Waals surface area (Å²) in [4.78, 5) is 28.1. The maximum Gasteiger partial charge on any atom is 0.339 e. The molecule has 1 heterocycles. The molecule has 0 bridgehead atoms. The Morgan fingerprint density at radius 1 is 1.16 bits per heavy atom. The number of methoxy groups -OCH3 is 1. The number of esters is 1. The first-order chi connectivity index (χ1) is 9.15. The zero-order valence-electron chi connectivity index (χ0n) is 10.7. The van der Waals surface area contributed by atoms with Crippen LogP contribution in [-0.2, 0) is 4.74 Å². The van der Waals surface area contributed by atoms with Gasteiger partial charge in [-0.2, -0.15) is 0 Å². The number of hydrogen-bond donors (Lipinski definition) is 1. The Labute approximate surface area is 110 Å². The number of hydrogen-bond acceptors (Lipinski definition) is 3. The van der Waals surface area contributed by atoms with Crippen molar-refractivity contribution in [1.82, 2.24) is 4.98 Å². The summed E-state index contributed by atoms with van der Waals surface area (Å²) in [6, 6.07) is 10.2. The molecule has 0 unspecified atom stereocenters. The molecule has 0 atom stereocenters. The Kier molecular flexibility index (Phi) is 3.66. The van der Waals surface area contributed by atoms with Crippen LogP contribution in [-0.4, -0.2) is 31.0 Å². The normalized spacial score (nSPS) is 10.0. The van der Waals surface area contributed by atoms with Crippen LogP contribution in [0.5, 0.6) is 0 Å². The fourth-order valence-corrected chi connectivity index (χ4v) is 1.80. The van der Waals surface area contributed by atoms with Gasteiger partial charge in [0, 0.05) is 13.2 Å². The first kappa shape index (κ1) is 12.9. The number of benzene rings is 1. The van der Waals surface area contributed by atoms with Gasteiger partial charge >= 0.3 is 5.97 Å². The second-order valence-corrected chi connectivity index (χ2v) is 3.96. The lowest BCUT2D eigenvalue weighted by Gasteiger charge is -2.19. The lowest BCUT2D eigenvalue weighted by molar-refractivity contribution is 0.0601. The standard InChI is InChI=1S/C14H14N2O3/c1-16(13(17)11-7-5-9-15-11)12-8-4-3-6-10(12)14(18)19-2/h3-9,15H,1-2H3. The van der Waals surface area contributed by atoms with E-state index in [9.17, 15) is 9.59 Å². The predicted octanol–water partition coefficient (Wildman–Crippen LogP) is 2.08. The molecule has 1 aromatic carbocycles. The highest BCUT2D eigenvalue weighted by atomic mass is 16.5. The summed E-state index contributed by atoms with van der Waals surface area (Å²) in [7, 11) is 2.93. The minimum atomic E-state index is -0.471. The molecule has 0 aliphatic carbocycles. The predicted molar refractivity (Wildman–Crippen MR) is 71.3 cm³/mol. The van der Waals surface area contributed by atoms with Gasteiger partial charge in [-0.1, -0.05) is 12.1 Å². The number of amides is 1. The van der Waals surface area contributed by atoms with Gasteiger partial charge in [0.1, 0.15) is 5.69 Å². The summed E-state index contributed by atoms with van der Waals surface area (Å²) < 4.78 is 4.71. The fraction of sp³-hybridized carbons (Fsp3) is 0.143. The van der Waals surface area contributed by atoms with Gasteiger partial charge in [-0.3, -0.25) is 4.79 Å². The lowest BCUT2D eigenvalue weighted by atomic mass is 10.1. The van der Waals surface area contributed by atoms with E-state index >= 15 is 0 Å². The summed E-state index contributed by atoms with van der Waals surface area (Å²) in [6.45, 7) is 0. The first-order valence-corrected chi connectivity index (χ1v) is 5.74. The Bertz CT molecular complexity index is 590. The monoisotopic (exact) mass is 258 g/mol. The molecule has 98 valence electrons. The first-order valence-electron chi connectivity index (χ1n) is 5.74. The van der Waals surface area contributed by atoms with Crippen LogP contribution in [0.25, 0.3) is 0 Å². The van der Waals surface area contributed by atoms with E-state index in [1.54, 1.807) is 49.6 Å². The van der Waals surface area contributed by atoms with Crippen molar-refractivity contribution in [3.8, 4) is 0 Å². The summed E-state index contributed by atoms with van der Waals surface area (Å²) in [5.74, 6) is -0.692. The third kappa shape index (κ3) is 2.49. The maximum atomic E-state index is 12.2. The molecular weight excluding hydrogens is 244 g/mol. The molecule has 0 saturated carbocycles. The Balaban J connectivity index is 2.36. The van der Waals surface area contributed by atoms with E-state index in [0.717, 1.165) is 0 Å². The van der Waals surface area contributed by atoms with E-state index < -0.39 is 5.97 Å². The molecule has 0 spiro atoms. The van der Waals surface area contributed by atoms with E-state index in [1.807, 2.05) is 0 Å². The molecule has 2 aromatic rings. The van der Waals surface area contributed by atoms with Gasteiger partial charge in [0.05, 0.1) is 18.4 Å². The molecule has 0 fully saturated rings. The zero-order chi connectivity index (χ0) is 13.8. The molecule has 19 heavy (non-hydrogen) atoms. The number of aromatic nitrogens is 1. The Morgan fingerprint density at radius 2 is 1.89 bits per heavy atom. The van der Waals surface area contributed by atoms with Gasteiger partial charge in [0.15, 0.2) is 0 Å². The van der Waals surface area contributed by atoms with Crippen molar-refractivity contribution in [1.29, 1.82) is 0 Å². The van der Waals surface area contributed by atoms with Crippen molar-refractivity contribution in [3.63, 3.8) is 0 Å².